The summed E-state index contributed by atoms with van der Waals surface area (Å²) in [6.07, 6.45) is 1.60. The Morgan fingerprint density at radius 1 is 0.882 bits per heavy atom. The highest BCUT2D eigenvalue weighted by Crippen LogP contribution is 2.26. The van der Waals surface area contributed by atoms with E-state index in [1.807, 2.05) is 0 Å². The average molecular weight is 291 g/mol. The Balaban J connectivity index is 0. The van der Waals surface area contributed by atoms with Crippen LogP contribution in [-0.4, -0.2) is 34.3 Å². The molecule has 17 heavy (non-hydrogen) atoms. The highest BCUT2D eigenvalue weighted by molar-refractivity contribution is 7.45. The van der Waals surface area contributed by atoms with Crippen LogP contribution in [0.5, 0.6) is 0 Å². The summed E-state index contributed by atoms with van der Waals surface area (Å²) in [6, 6.07) is 4.93. The van der Waals surface area contributed by atoms with Crippen molar-refractivity contribution in [1.29, 1.82) is 0 Å². The first kappa shape index (κ1) is 18.5. The third-order valence-corrected chi connectivity index (χ3v) is 0.681. The van der Waals surface area contributed by atoms with Gasteiger partial charge in [0.25, 0.3) is 0 Å². The van der Waals surface area contributed by atoms with Crippen molar-refractivity contribution in [3.63, 3.8) is 0 Å². The quantitative estimate of drug-likeness (QED) is 0.279. The molecule has 0 aliphatic rings. The lowest BCUT2D eigenvalue weighted by molar-refractivity contribution is 0.272. The van der Waals surface area contributed by atoms with Crippen LogP contribution in [0.25, 0.3) is 0 Å². The summed E-state index contributed by atoms with van der Waals surface area (Å²) in [4.78, 5) is 55.8. The van der Waals surface area contributed by atoms with E-state index in [0.29, 0.717) is 0 Å². The van der Waals surface area contributed by atoms with Crippen molar-refractivity contribution in [2.45, 2.75) is 0 Å². The van der Waals surface area contributed by atoms with Gasteiger partial charge in [0.1, 0.15) is 0 Å². The lowest BCUT2D eigenvalue weighted by atomic mass is 10.5. The summed E-state index contributed by atoms with van der Waals surface area (Å²) in [7, 11) is -9.28. The van der Waals surface area contributed by atoms with Gasteiger partial charge < -0.3 is 34.3 Å². The van der Waals surface area contributed by atoms with Crippen molar-refractivity contribution in [2.75, 3.05) is 0 Å². The van der Waals surface area contributed by atoms with Gasteiger partial charge in [0.15, 0.2) is 0 Å². The van der Waals surface area contributed by atoms with Crippen LogP contribution < -0.4 is 5.56 Å². The lowest BCUT2D eigenvalue weighted by Gasteiger charge is -1.82. The van der Waals surface area contributed by atoms with Crippen LogP contribution in [0.2, 0.25) is 0 Å². The van der Waals surface area contributed by atoms with Crippen LogP contribution in [0.3, 0.4) is 0 Å². The molecule has 0 saturated heterocycles. The number of hydrogen-bond acceptors (Lipinski definition) is 3. The van der Waals surface area contributed by atoms with Gasteiger partial charge in [-0.15, -0.1) is 0 Å². The zero-order valence-corrected chi connectivity index (χ0v) is 9.90. The highest BCUT2D eigenvalue weighted by Gasteiger charge is 2.00. The van der Waals surface area contributed by atoms with Crippen LogP contribution in [-0.2, 0) is 9.13 Å². The molecular formula is C5H11NO9P2. The van der Waals surface area contributed by atoms with E-state index in [0.717, 1.165) is 0 Å². The van der Waals surface area contributed by atoms with Gasteiger partial charge in [0.2, 0.25) is 5.56 Å². The van der Waals surface area contributed by atoms with E-state index in [1.165, 1.54) is 6.07 Å². The van der Waals surface area contributed by atoms with Crippen LogP contribution in [0.15, 0.2) is 29.2 Å². The number of aromatic nitrogens is 1. The van der Waals surface area contributed by atoms with Gasteiger partial charge in [-0.3, -0.25) is 4.79 Å². The SMILES string of the molecule is O=P(O)(O)O.O=P(O)(O)O.O=c1cccc[nH]1. The molecule has 1 heterocycles. The Labute approximate surface area is 94.7 Å². The van der Waals surface area contributed by atoms with Gasteiger partial charge in [0, 0.05) is 12.3 Å². The topological polar surface area (TPSA) is 188 Å². The first-order valence-corrected chi connectivity index (χ1v) is 6.73. The molecule has 0 aromatic carbocycles. The van der Waals surface area contributed by atoms with E-state index in [4.69, 9.17) is 38.5 Å². The molecule has 1 aromatic rings. The molecule has 10 nitrogen and oxygen atoms in total. The zero-order valence-electron chi connectivity index (χ0n) is 8.11. The maximum atomic E-state index is 10.2. The first-order chi connectivity index (χ1) is 7.39. The number of phosphoric acid groups is 2. The van der Waals surface area contributed by atoms with E-state index < -0.39 is 15.6 Å². The monoisotopic (exact) mass is 291 g/mol. The summed E-state index contributed by atoms with van der Waals surface area (Å²) < 4.78 is 17.8. The summed E-state index contributed by atoms with van der Waals surface area (Å²) in [6.45, 7) is 0. The molecule has 0 amide bonds. The molecule has 12 heteroatoms. The van der Waals surface area contributed by atoms with Gasteiger partial charge >= 0.3 is 15.6 Å². The molecule has 0 unspecified atom stereocenters. The minimum absolute atomic E-state index is 0.0532. The molecule has 0 fully saturated rings. The van der Waals surface area contributed by atoms with Crippen LogP contribution in [0, 0.1) is 0 Å². The standard InChI is InChI=1S/C5H5NO.2H3O4P/c7-5-3-1-2-4-6-5;2*1-5(2,3)4/h1-4H,(H,6,7);2*(H3,1,2,3,4). The van der Waals surface area contributed by atoms with Crippen LogP contribution >= 0.6 is 15.6 Å². The third-order valence-electron chi connectivity index (χ3n) is 0.681. The minimum atomic E-state index is -4.64. The van der Waals surface area contributed by atoms with Crippen LogP contribution in [0.1, 0.15) is 0 Å². The number of H-pyrrole nitrogens is 1. The Bertz CT molecular complexity index is 391. The predicted octanol–water partition coefficient (Wildman–Crippen LogP) is -1.48. The number of nitrogens with one attached hydrogen (secondary N) is 1. The fourth-order valence-electron chi connectivity index (χ4n) is 0.377. The van der Waals surface area contributed by atoms with E-state index in [-0.39, 0.29) is 5.56 Å². The molecular weight excluding hydrogens is 280 g/mol. The maximum Gasteiger partial charge on any atom is 0.466 e. The number of pyridine rings is 1. The zero-order chi connectivity index (χ0) is 14.1. The molecule has 1 aromatic heterocycles. The second kappa shape index (κ2) is 8.29. The first-order valence-electron chi connectivity index (χ1n) is 3.60. The van der Waals surface area contributed by atoms with E-state index >= 15 is 0 Å². The Morgan fingerprint density at radius 3 is 1.35 bits per heavy atom. The highest BCUT2D eigenvalue weighted by atomic mass is 31.2. The lowest BCUT2D eigenvalue weighted by Crippen LogP contribution is -1.98. The van der Waals surface area contributed by atoms with E-state index in [9.17, 15) is 4.79 Å². The predicted molar refractivity (Wildman–Crippen MR) is 55.6 cm³/mol. The Morgan fingerprint density at radius 2 is 1.24 bits per heavy atom. The summed E-state index contributed by atoms with van der Waals surface area (Å²) in [5, 5.41) is 0. The summed E-state index contributed by atoms with van der Waals surface area (Å²) >= 11 is 0. The molecule has 0 radical (unpaired) electrons. The van der Waals surface area contributed by atoms with Gasteiger partial charge in [-0.1, -0.05) is 6.07 Å². The molecule has 0 atom stereocenters. The minimum Gasteiger partial charge on any atom is -0.329 e. The molecule has 0 spiro atoms. The van der Waals surface area contributed by atoms with E-state index in [2.05, 4.69) is 4.98 Å². The van der Waals surface area contributed by atoms with Crippen LogP contribution in [0.4, 0.5) is 0 Å². The number of rotatable bonds is 0. The largest absolute Gasteiger partial charge is 0.466 e. The number of aromatic amines is 1. The fraction of sp³-hybridized carbons (Fsp3) is 0. The van der Waals surface area contributed by atoms with Crippen molar-refractivity contribution in [2.24, 2.45) is 0 Å². The Hall–Kier alpha value is -0.830. The van der Waals surface area contributed by atoms with Crippen molar-refractivity contribution >= 4 is 15.6 Å². The summed E-state index contributed by atoms with van der Waals surface area (Å²) in [5.41, 5.74) is -0.0532. The van der Waals surface area contributed by atoms with Gasteiger partial charge in [0.05, 0.1) is 0 Å². The van der Waals surface area contributed by atoms with Crippen molar-refractivity contribution in [3.05, 3.63) is 34.7 Å². The van der Waals surface area contributed by atoms with Crippen molar-refractivity contribution in [1.82, 2.24) is 4.98 Å². The van der Waals surface area contributed by atoms with Gasteiger partial charge in [-0.05, 0) is 6.07 Å². The van der Waals surface area contributed by atoms with Gasteiger partial charge in [-0.25, -0.2) is 9.13 Å². The summed E-state index contributed by atoms with van der Waals surface area (Å²) in [5.74, 6) is 0. The maximum absolute atomic E-state index is 10.2. The Kier molecular flexibility index (Phi) is 9.04. The second-order valence-corrected chi connectivity index (χ2v) is 4.31. The third kappa shape index (κ3) is 51.2. The van der Waals surface area contributed by atoms with Gasteiger partial charge in [-0.2, -0.15) is 0 Å². The van der Waals surface area contributed by atoms with Crippen molar-refractivity contribution in [3.8, 4) is 0 Å². The molecule has 100 valence electrons. The molecule has 0 aliphatic carbocycles. The molecule has 0 aliphatic heterocycles. The number of hydrogen-bond donors (Lipinski definition) is 7. The molecule has 7 N–H and O–H groups in total. The normalized spacial score (nSPS) is 10.5. The molecule has 0 bridgehead atoms. The average Bonchev–Trinajstić information content (AvgIpc) is 1.98. The fourth-order valence-corrected chi connectivity index (χ4v) is 0.377. The van der Waals surface area contributed by atoms with Crippen molar-refractivity contribution < 1.29 is 38.5 Å². The smallest absolute Gasteiger partial charge is 0.329 e. The molecule has 1 rings (SSSR count). The second-order valence-electron chi connectivity index (χ2n) is 2.25. The van der Waals surface area contributed by atoms with E-state index in [1.54, 1.807) is 18.3 Å². The molecule has 0 saturated carbocycles.